The second kappa shape index (κ2) is 8.66. The molecule has 0 aliphatic carbocycles. The number of hydrogen-bond acceptors (Lipinski definition) is 5. The van der Waals surface area contributed by atoms with E-state index in [9.17, 15) is 12.8 Å². The van der Waals surface area contributed by atoms with Gasteiger partial charge in [-0.25, -0.2) is 27.1 Å². The van der Waals surface area contributed by atoms with Gasteiger partial charge in [0.25, 0.3) is 0 Å². The van der Waals surface area contributed by atoms with E-state index < -0.39 is 15.8 Å². The van der Waals surface area contributed by atoms with E-state index in [-0.39, 0.29) is 6.54 Å². The standard InChI is InChI=1S/C17H20FN5O2S.C2H6/c1-21-11-20-14-9-19-17(8-16(14)21)23(3)15-6-5-12(7-13(15)18)10-22(2)26(4,24)25;1-2/h5-9,11H,10H2,1-4H3;1-2H3. The van der Waals surface area contributed by atoms with E-state index in [0.717, 1.165) is 17.3 Å². The molecular weight excluding hydrogens is 381 g/mol. The van der Waals surface area contributed by atoms with Crippen molar-refractivity contribution in [2.45, 2.75) is 20.4 Å². The van der Waals surface area contributed by atoms with Crippen LogP contribution in [0.1, 0.15) is 19.4 Å². The van der Waals surface area contributed by atoms with Gasteiger partial charge in [0.1, 0.15) is 17.2 Å². The topological polar surface area (TPSA) is 71.3 Å². The van der Waals surface area contributed by atoms with E-state index in [4.69, 9.17) is 0 Å². The number of sulfonamides is 1. The number of anilines is 2. The van der Waals surface area contributed by atoms with Gasteiger partial charge in [0.2, 0.25) is 10.0 Å². The lowest BCUT2D eigenvalue weighted by atomic mass is 10.2. The van der Waals surface area contributed by atoms with Crippen molar-refractivity contribution in [2.24, 2.45) is 7.05 Å². The molecule has 0 N–H and O–H groups in total. The Morgan fingerprint density at radius 2 is 1.82 bits per heavy atom. The number of aryl methyl sites for hydroxylation is 1. The maximum Gasteiger partial charge on any atom is 0.211 e. The lowest BCUT2D eigenvalue weighted by molar-refractivity contribution is 0.471. The van der Waals surface area contributed by atoms with E-state index in [1.165, 1.54) is 17.4 Å². The highest BCUT2D eigenvalue weighted by Gasteiger charge is 2.15. The summed E-state index contributed by atoms with van der Waals surface area (Å²) in [5.41, 5.74) is 2.59. The van der Waals surface area contributed by atoms with Crippen molar-refractivity contribution in [1.29, 1.82) is 0 Å². The molecule has 0 atom stereocenters. The average Bonchev–Trinajstić information content (AvgIpc) is 3.02. The number of aromatic nitrogens is 3. The third kappa shape index (κ3) is 4.66. The molecule has 1 aromatic carbocycles. The molecule has 0 aliphatic rings. The second-order valence-electron chi connectivity index (χ2n) is 6.25. The van der Waals surface area contributed by atoms with Gasteiger partial charge in [0.15, 0.2) is 0 Å². The lowest BCUT2D eigenvalue weighted by Crippen LogP contribution is -2.25. The van der Waals surface area contributed by atoms with Gasteiger partial charge in [-0.1, -0.05) is 19.9 Å². The van der Waals surface area contributed by atoms with E-state index in [1.807, 2.05) is 31.5 Å². The molecule has 3 rings (SSSR count). The summed E-state index contributed by atoms with van der Waals surface area (Å²) in [5, 5.41) is 0. The lowest BCUT2D eigenvalue weighted by Gasteiger charge is -2.20. The molecule has 0 aliphatic heterocycles. The Hall–Kier alpha value is -2.52. The SMILES string of the molecule is CC.CN(c1cc2c(cn1)ncn2C)c1ccc(CN(C)S(C)(=O)=O)cc1F. The fraction of sp³-hybridized carbons (Fsp3) is 0.368. The van der Waals surface area contributed by atoms with Crippen molar-refractivity contribution >= 4 is 32.6 Å². The molecule has 0 radical (unpaired) electrons. The maximum absolute atomic E-state index is 14.6. The summed E-state index contributed by atoms with van der Waals surface area (Å²) in [6.45, 7) is 4.11. The summed E-state index contributed by atoms with van der Waals surface area (Å²) in [5.74, 6) is 0.139. The number of hydrogen-bond donors (Lipinski definition) is 0. The highest BCUT2D eigenvalue weighted by molar-refractivity contribution is 7.88. The van der Waals surface area contributed by atoms with Crippen LogP contribution in [0.15, 0.2) is 36.8 Å². The Kier molecular flexibility index (Phi) is 6.73. The minimum absolute atomic E-state index is 0.110. The minimum Gasteiger partial charge on any atom is -0.334 e. The van der Waals surface area contributed by atoms with Crippen molar-refractivity contribution in [3.05, 3.63) is 48.2 Å². The Morgan fingerprint density at radius 3 is 2.43 bits per heavy atom. The van der Waals surface area contributed by atoms with Crippen LogP contribution in [0.25, 0.3) is 11.0 Å². The maximum atomic E-state index is 14.6. The third-order valence-electron chi connectivity index (χ3n) is 4.29. The minimum atomic E-state index is -3.32. The first kappa shape index (κ1) is 21.8. The molecule has 28 heavy (non-hydrogen) atoms. The molecule has 0 saturated carbocycles. The van der Waals surface area contributed by atoms with Gasteiger partial charge in [-0.15, -0.1) is 0 Å². The first-order chi connectivity index (χ1) is 13.2. The summed E-state index contributed by atoms with van der Waals surface area (Å²) in [6, 6.07) is 6.51. The predicted molar refractivity (Wildman–Crippen MR) is 111 cm³/mol. The van der Waals surface area contributed by atoms with E-state index in [0.29, 0.717) is 17.1 Å². The number of imidazole rings is 1. The van der Waals surface area contributed by atoms with Crippen LogP contribution in [-0.2, 0) is 23.6 Å². The first-order valence-corrected chi connectivity index (χ1v) is 10.7. The largest absolute Gasteiger partial charge is 0.334 e. The second-order valence-corrected chi connectivity index (χ2v) is 8.34. The monoisotopic (exact) mass is 407 g/mol. The van der Waals surface area contributed by atoms with Gasteiger partial charge < -0.3 is 9.47 Å². The molecule has 0 unspecified atom stereocenters. The van der Waals surface area contributed by atoms with Gasteiger partial charge in [0, 0.05) is 33.8 Å². The molecule has 2 heterocycles. The zero-order valence-electron chi connectivity index (χ0n) is 17.0. The quantitative estimate of drug-likeness (QED) is 0.649. The van der Waals surface area contributed by atoms with Crippen LogP contribution < -0.4 is 4.90 Å². The fourth-order valence-corrected chi connectivity index (χ4v) is 3.01. The molecule has 3 aromatic rings. The summed E-state index contributed by atoms with van der Waals surface area (Å²) in [7, 11) is 1.75. The molecule has 9 heteroatoms. The summed E-state index contributed by atoms with van der Waals surface area (Å²) < 4.78 is 40.7. The van der Waals surface area contributed by atoms with Crippen molar-refractivity contribution in [2.75, 3.05) is 25.3 Å². The molecule has 0 bridgehead atoms. The number of halogens is 1. The highest BCUT2D eigenvalue weighted by Crippen LogP contribution is 2.27. The molecule has 7 nitrogen and oxygen atoms in total. The highest BCUT2D eigenvalue weighted by atomic mass is 32.2. The van der Waals surface area contributed by atoms with Crippen LogP contribution in [0.4, 0.5) is 15.9 Å². The van der Waals surface area contributed by atoms with Crippen LogP contribution >= 0.6 is 0 Å². The Balaban J connectivity index is 0.00000136. The van der Waals surface area contributed by atoms with Gasteiger partial charge in [-0.2, -0.15) is 0 Å². The van der Waals surface area contributed by atoms with Crippen LogP contribution in [0, 0.1) is 5.82 Å². The zero-order chi connectivity index (χ0) is 21.1. The molecule has 0 saturated heterocycles. The van der Waals surface area contributed by atoms with Crippen molar-refractivity contribution in [3.63, 3.8) is 0 Å². The Morgan fingerprint density at radius 1 is 1.14 bits per heavy atom. The van der Waals surface area contributed by atoms with Gasteiger partial charge in [-0.3, -0.25) is 0 Å². The Labute approximate surface area is 165 Å². The molecule has 152 valence electrons. The van der Waals surface area contributed by atoms with Crippen LogP contribution in [-0.4, -0.2) is 47.6 Å². The van der Waals surface area contributed by atoms with Crippen molar-refractivity contribution in [3.8, 4) is 0 Å². The normalized spacial score (nSPS) is 11.4. The molecule has 0 spiro atoms. The summed E-state index contributed by atoms with van der Waals surface area (Å²) in [4.78, 5) is 10.2. The summed E-state index contributed by atoms with van der Waals surface area (Å²) in [6.07, 6.45) is 4.46. The number of rotatable bonds is 5. The van der Waals surface area contributed by atoms with Crippen molar-refractivity contribution in [1.82, 2.24) is 18.8 Å². The van der Waals surface area contributed by atoms with Crippen molar-refractivity contribution < 1.29 is 12.8 Å². The number of fused-ring (bicyclic) bond motifs is 1. The Bertz CT molecular complexity index is 1070. The van der Waals surface area contributed by atoms with Crippen LogP contribution in [0.2, 0.25) is 0 Å². The first-order valence-electron chi connectivity index (χ1n) is 8.87. The number of nitrogens with zero attached hydrogens (tertiary/aromatic N) is 5. The average molecular weight is 408 g/mol. The molecule has 0 fully saturated rings. The molecular formula is C19H26FN5O2S. The van der Waals surface area contributed by atoms with Gasteiger partial charge in [0.05, 0.1) is 30.0 Å². The molecule has 0 amide bonds. The number of pyridine rings is 1. The predicted octanol–water partition coefficient (Wildman–Crippen LogP) is 3.29. The van der Waals surface area contributed by atoms with E-state index in [1.54, 1.807) is 36.6 Å². The van der Waals surface area contributed by atoms with Gasteiger partial charge >= 0.3 is 0 Å². The number of benzene rings is 1. The zero-order valence-corrected chi connectivity index (χ0v) is 17.8. The fourth-order valence-electron chi connectivity index (χ4n) is 2.62. The third-order valence-corrected chi connectivity index (χ3v) is 5.55. The van der Waals surface area contributed by atoms with E-state index in [2.05, 4.69) is 9.97 Å². The molecule has 2 aromatic heterocycles. The summed E-state index contributed by atoms with van der Waals surface area (Å²) >= 11 is 0. The van der Waals surface area contributed by atoms with E-state index >= 15 is 0 Å². The van der Waals surface area contributed by atoms with Crippen LogP contribution in [0.3, 0.4) is 0 Å². The van der Waals surface area contributed by atoms with Crippen LogP contribution in [0.5, 0.6) is 0 Å². The smallest absolute Gasteiger partial charge is 0.211 e. The van der Waals surface area contributed by atoms with Gasteiger partial charge in [-0.05, 0) is 17.7 Å².